The van der Waals surface area contributed by atoms with Crippen LogP contribution in [0.25, 0.3) is 0 Å². The summed E-state index contributed by atoms with van der Waals surface area (Å²) in [4.78, 5) is 11.4. The van der Waals surface area contributed by atoms with E-state index in [9.17, 15) is 4.79 Å². The Hall–Kier alpha value is -1.31. The van der Waals surface area contributed by atoms with Crippen molar-refractivity contribution in [2.45, 2.75) is 26.4 Å². The standard InChI is InChI=1S/C13H16O2/c1-10-7-12(10)8-13(14)15-9-11-5-3-2-4-6-11/h2-6,10,12H,7-9H2,1H3. The van der Waals surface area contributed by atoms with Crippen LogP contribution in [0.15, 0.2) is 30.3 Å². The van der Waals surface area contributed by atoms with E-state index in [1.165, 1.54) is 6.42 Å². The molecular formula is C13H16O2. The quantitative estimate of drug-likeness (QED) is 0.705. The number of benzene rings is 1. The summed E-state index contributed by atoms with van der Waals surface area (Å²) in [6, 6.07) is 9.79. The highest BCUT2D eigenvalue weighted by Crippen LogP contribution is 2.40. The Morgan fingerprint density at radius 3 is 2.67 bits per heavy atom. The first kappa shape index (κ1) is 10.2. The Morgan fingerprint density at radius 2 is 2.07 bits per heavy atom. The average molecular weight is 204 g/mol. The Labute approximate surface area is 90.3 Å². The number of carbonyl (C=O) groups is 1. The first-order valence-corrected chi connectivity index (χ1v) is 5.45. The van der Waals surface area contributed by atoms with E-state index in [2.05, 4.69) is 6.92 Å². The Balaban J connectivity index is 1.71. The lowest BCUT2D eigenvalue weighted by Crippen LogP contribution is -2.05. The zero-order chi connectivity index (χ0) is 10.7. The molecule has 0 aromatic heterocycles. The fourth-order valence-electron chi connectivity index (χ4n) is 1.69. The largest absolute Gasteiger partial charge is 0.461 e. The minimum absolute atomic E-state index is 0.0618. The monoisotopic (exact) mass is 204 g/mol. The van der Waals surface area contributed by atoms with Crippen LogP contribution < -0.4 is 0 Å². The maximum Gasteiger partial charge on any atom is 0.306 e. The fourth-order valence-corrected chi connectivity index (χ4v) is 1.69. The van der Waals surface area contributed by atoms with E-state index in [0.717, 1.165) is 5.56 Å². The minimum Gasteiger partial charge on any atom is -0.461 e. The summed E-state index contributed by atoms with van der Waals surface area (Å²) in [7, 11) is 0. The molecule has 0 aliphatic heterocycles. The van der Waals surface area contributed by atoms with E-state index in [1.54, 1.807) is 0 Å². The van der Waals surface area contributed by atoms with Gasteiger partial charge in [0.15, 0.2) is 0 Å². The highest BCUT2D eigenvalue weighted by atomic mass is 16.5. The van der Waals surface area contributed by atoms with Crippen LogP contribution in [-0.4, -0.2) is 5.97 Å². The van der Waals surface area contributed by atoms with Crippen molar-refractivity contribution < 1.29 is 9.53 Å². The molecule has 0 heterocycles. The van der Waals surface area contributed by atoms with Gasteiger partial charge in [0.25, 0.3) is 0 Å². The fraction of sp³-hybridized carbons (Fsp3) is 0.462. The van der Waals surface area contributed by atoms with Crippen molar-refractivity contribution in [1.82, 2.24) is 0 Å². The van der Waals surface area contributed by atoms with Crippen LogP contribution in [0.3, 0.4) is 0 Å². The SMILES string of the molecule is CC1CC1CC(=O)OCc1ccccc1. The number of rotatable bonds is 4. The molecule has 2 heteroatoms. The average Bonchev–Trinajstić information content (AvgIpc) is 2.93. The molecular weight excluding hydrogens is 188 g/mol. The maximum atomic E-state index is 11.4. The van der Waals surface area contributed by atoms with Crippen LogP contribution in [0.5, 0.6) is 0 Å². The van der Waals surface area contributed by atoms with Gasteiger partial charge in [0, 0.05) is 6.42 Å². The van der Waals surface area contributed by atoms with Crippen molar-refractivity contribution in [3.63, 3.8) is 0 Å². The predicted octanol–water partition coefficient (Wildman–Crippen LogP) is 2.78. The molecule has 0 spiro atoms. The topological polar surface area (TPSA) is 26.3 Å². The van der Waals surface area contributed by atoms with Gasteiger partial charge in [-0.3, -0.25) is 4.79 Å². The van der Waals surface area contributed by atoms with E-state index in [0.29, 0.717) is 24.9 Å². The second-order valence-corrected chi connectivity index (χ2v) is 4.32. The van der Waals surface area contributed by atoms with Gasteiger partial charge in [0.05, 0.1) is 0 Å². The van der Waals surface area contributed by atoms with Gasteiger partial charge >= 0.3 is 5.97 Å². The van der Waals surface area contributed by atoms with Crippen LogP contribution in [-0.2, 0) is 16.1 Å². The zero-order valence-corrected chi connectivity index (χ0v) is 8.98. The van der Waals surface area contributed by atoms with Gasteiger partial charge in [-0.15, -0.1) is 0 Å². The minimum atomic E-state index is -0.0618. The summed E-state index contributed by atoms with van der Waals surface area (Å²) >= 11 is 0. The molecule has 2 atom stereocenters. The zero-order valence-electron chi connectivity index (χ0n) is 8.98. The van der Waals surface area contributed by atoms with Gasteiger partial charge in [0.1, 0.15) is 6.61 Å². The normalized spacial score (nSPS) is 23.5. The van der Waals surface area contributed by atoms with E-state index < -0.39 is 0 Å². The molecule has 80 valence electrons. The Bertz CT molecular complexity index is 332. The molecule has 0 N–H and O–H groups in total. The molecule has 1 aliphatic rings. The van der Waals surface area contributed by atoms with Crippen LogP contribution in [0.4, 0.5) is 0 Å². The highest BCUT2D eigenvalue weighted by Gasteiger charge is 2.34. The number of carbonyl (C=O) groups excluding carboxylic acids is 1. The predicted molar refractivity (Wildman–Crippen MR) is 58.1 cm³/mol. The van der Waals surface area contributed by atoms with E-state index in [4.69, 9.17) is 4.74 Å². The second kappa shape index (κ2) is 4.47. The molecule has 2 nitrogen and oxygen atoms in total. The van der Waals surface area contributed by atoms with Crippen LogP contribution >= 0.6 is 0 Å². The molecule has 15 heavy (non-hydrogen) atoms. The number of ether oxygens (including phenoxy) is 1. The second-order valence-electron chi connectivity index (χ2n) is 4.32. The van der Waals surface area contributed by atoms with Crippen molar-refractivity contribution in [2.24, 2.45) is 11.8 Å². The summed E-state index contributed by atoms with van der Waals surface area (Å²) in [5.41, 5.74) is 1.05. The molecule has 1 saturated carbocycles. The smallest absolute Gasteiger partial charge is 0.306 e. The summed E-state index contributed by atoms with van der Waals surface area (Å²) in [5, 5.41) is 0. The van der Waals surface area contributed by atoms with Gasteiger partial charge in [-0.2, -0.15) is 0 Å². The molecule has 0 amide bonds. The van der Waals surface area contributed by atoms with Crippen molar-refractivity contribution >= 4 is 5.97 Å². The summed E-state index contributed by atoms with van der Waals surface area (Å²) < 4.78 is 5.19. The number of hydrogen-bond acceptors (Lipinski definition) is 2. The third-order valence-electron chi connectivity index (χ3n) is 2.95. The van der Waals surface area contributed by atoms with E-state index in [-0.39, 0.29) is 5.97 Å². The van der Waals surface area contributed by atoms with Crippen LogP contribution in [0.2, 0.25) is 0 Å². The van der Waals surface area contributed by atoms with Crippen molar-refractivity contribution in [2.75, 3.05) is 0 Å². The summed E-state index contributed by atoms with van der Waals surface area (Å²) in [5.74, 6) is 1.23. The molecule has 1 fully saturated rings. The van der Waals surface area contributed by atoms with E-state index >= 15 is 0 Å². The molecule has 1 aromatic rings. The maximum absolute atomic E-state index is 11.4. The molecule has 0 bridgehead atoms. The Morgan fingerprint density at radius 1 is 1.40 bits per heavy atom. The lowest BCUT2D eigenvalue weighted by atomic mass is 10.2. The Kier molecular flexibility index (Phi) is 3.05. The van der Waals surface area contributed by atoms with E-state index in [1.807, 2.05) is 30.3 Å². The molecule has 0 radical (unpaired) electrons. The first-order chi connectivity index (χ1) is 7.25. The lowest BCUT2D eigenvalue weighted by Gasteiger charge is -2.03. The molecule has 2 unspecified atom stereocenters. The summed E-state index contributed by atoms with van der Waals surface area (Å²) in [6.45, 7) is 2.58. The van der Waals surface area contributed by atoms with Gasteiger partial charge in [-0.1, -0.05) is 37.3 Å². The van der Waals surface area contributed by atoms with Gasteiger partial charge < -0.3 is 4.74 Å². The summed E-state index contributed by atoms with van der Waals surface area (Å²) in [6.07, 6.45) is 1.77. The van der Waals surface area contributed by atoms with Gasteiger partial charge in [-0.25, -0.2) is 0 Å². The number of esters is 1. The van der Waals surface area contributed by atoms with Gasteiger partial charge in [-0.05, 0) is 23.8 Å². The van der Waals surface area contributed by atoms with Crippen molar-refractivity contribution in [1.29, 1.82) is 0 Å². The van der Waals surface area contributed by atoms with Gasteiger partial charge in [0.2, 0.25) is 0 Å². The van der Waals surface area contributed by atoms with Crippen LogP contribution in [0.1, 0.15) is 25.3 Å². The third-order valence-corrected chi connectivity index (χ3v) is 2.95. The molecule has 1 aromatic carbocycles. The third kappa shape index (κ3) is 3.08. The molecule has 0 saturated heterocycles. The number of hydrogen-bond donors (Lipinski definition) is 0. The highest BCUT2D eigenvalue weighted by molar-refractivity contribution is 5.70. The van der Waals surface area contributed by atoms with Crippen molar-refractivity contribution in [3.8, 4) is 0 Å². The molecule has 1 aliphatic carbocycles. The molecule has 2 rings (SSSR count). The first-order valence-electron chi connectivity index (χ1n) is 5.45. The lowest BCUT2D eigenvalue weighted by molar-refractivity contribution is -0.145. The van der Waals surface area contributed by atoms with Crippen molar-refractivity contribution in [3.05, 3.63) is 35.9 Å². The van der Waals surface area contributed by atoms with Crippen LogP contribution in [0, 0.1) is 11.8 Å².